The molecule has 1 aromatic carbocycles. The van der Waals surface area contributed by atoms with E-state index in [2.05, 4.69) is 37.0 Å². The van der Waals surface area contributed by atoms with Crippen LogP contribution >= 0.6 is 43.5 Å². The Hall–Kier alpha value is -0.360. The van der Waals surface area contributed by atoms with E-state index in [1.54, 1.807) is 4.68 Å². The van der Waals surface area contributed by atoms with Crippen LogP contribution in [0.2, 0.25) is 5.15 Å². The molecule has 19 heavy (non-hydrogen) atoms. The molecule has 0 saturated heterocycles. The molecule has 2 N–H and O–H groups in total. The Labute approximate surface area is 134 Å². The maximum atomic E-state index is 6.27. The summed E-state index contributed by atoms with van der Waals surface area (Å²) in [6.07, 6.45) is 0.668. The molecule has 1 aromatic heterocycles. The number of aromatic nitrogens is 2. The summed E-state index contributed by atoms with van der Waals surface area (Å²) >= 11 is 13.2. The number of nitrogens with two attached hydrogens (primary N) is 1. The zero-order valence-corrected chi connectivity index (χ0v) is 14.6. The number of benzene rings is 1. The van der Waals surface area contributed by atoms with E-state index in [0.717, 1.165) is 25.8 Å². The van der Waals surface area contributed by atoms with Crippen LogP contribution in [0.1, 0.15) is 22.9 Å². The zero-order valence-electron chi connectivity index (χ0n) is 10.6. The van der Waals surface area contributed by atoms with Crippen molar-refractivity contribution in [2.45, 2.75) is 19.4 Å². The molecule has 0 aliphatic heterocycles. The van der Waals surface area contributed by atoms with Crippen molar-refractivity contribution in [3.8, 4) is 0 Å². The topological polar surface area (TPSA) is 43.8 Å². The zero-order chi connectivity index (χ0) is 14.2. The van der Waals surface area contributed by atoms with Crippen LogP contribution in [0.15, 0.2) is 27.1 Å². The van der Waals surface area contributed by atoms with Gasteiger partial charge in [-0.15, -0.1) is 0 Å². The molecule has 1 atom stereocenters. The highest BCUT2D eigenvalue weighted by Gasteiger charge is 2.16. The van der Waals surface area contributed by atoms with Crippen molar-refractivity contribution >= 4 is 43.5 Å². The molecule has 0 radical (unpaired) electrons. The van der Waals surface area contributed by atoms with Gasteiger partial charge in [0.25, 0.3) is 0 Å². The van der Waals surface area contributed by atoms with E-state index in [1.165, 1.54) is 0 Å². The first kappa shape index (κ1) is 15.0. The quantitative estimate of drug-likeness (QED) is 0.831. The smallest absolute Gasteiger partial charge is 0.130 e. The molecule has 6 heteroatoms. The van der Waals surface area contributed by atoms with Gasteiger partial charge in [0, 0.05) is 27.6 Å². The van der Waals surface area contributed by atoms with Crippen LogP contribution in [0, 0.1) is 6.92 Å². The second kappa shape index (κ2) is 5.95. The Morgan fingerprint density at radius 3 is 2.37 bits per heavy atom. The molecule has 0 bridgehead atoms. The normalized spacial score (nSPS) is 12.7. The average molecular weight is 408 g/mol. The van der Waals surface area contributed by atoms with E-state index < -0.39 is 0 Å². The van der Waals surface area contributed by atoms with Gasteiger partial charge in [-0.25, -0.2) is 0 Å². The van der Waals surface area contributed by atoms with Gasteiger partial charge in [-0.1, -0.05) is 43.5 Å². The third-order valence-corrected chi connectivity index (χ3v) is 4.40. The lowest BCUT2D eigenvalue weighted by molar-refractivity contribution is 0.717. The summed E-state index contributed by atoms with van der Waals surface area (Å²) in [6.45, 7) is 1.95. The molecule has 1 heterocycles. The van der Waals surface area contributed by atoms with Crippen LogP contribution in [-0.2, 0) is 13.5 Å². The van der Waals surface area contributed by atoms with Gasteiger partial charge < -0.3 is 5.73 Å². The molecule has 0 amide bonds. The SMILES string of the molecule is Cc1nn(C)c(Cl)c1CC(N)c1cc(Br)cc(Br)c1. The molecule has 3 nitrogen and oxygen atoms in total. The van der Waals surface area contributed by atoms with E-state index in [0.29, 0.717) is 11.6 Å². The van der Waals surface area contributed by atoms with Crippen LogP contribution < -0.4 is 5.73 Å². The number of aryl methyl sites for hydroxylation is 2. The summed E-state index contributed by atoms with van der Waals surface area (Å²) in [4.78, 5) is 0. The molecule has 2 rings (SSSR count). The molecule has 0 spiro atoms. The van der Waals surface area contributed by atoms with E-state index >= 15 is 0 Å². The molecule has 102 valence electrons. The summed E-state index contributed by atoms with van der Waals surface area (Å²) in [5, 5.41) is 4.96. The van der Waals surface area contributed by atoms with Gasteiger partial charge in [0.2, 0.25) is 0 Å². The van der Waals surface area contributed by atoms with Crippen molar-refractivity contribution in [2.24, 2.45) is 12.8 Å². The maximum absolute atomic E-state index is 6.27. The summed E-state index contributed by atoms with van der Waals surface area (Å²) in [7, 11) is 1.83. The van der Waals surface area contributed by atoms with Gasteiger partial charge in [0.1, 0.15) is 5.15 Å². The van der Waals surface area contributed by atoms with Crippen molar-refractivity contribution in [1.29, 1.82) is 0 Å². The van der Waals surface area contributed by atoms with Crippen molar-refractivity contribution in [2.75, 3.05) is 0 Å². The van der Waals surface area contributed by atoms with Gasteiger partial charge in [-0.05, 0) is 37.1 Å². The molecule has 0 aliphatic carbocycles. The highest BCUT2D eigenvalue weighted by Crippen LogP contribution is 2.28. The number of hydrogen-bond acceptors (Lipinski definition) is 2. The molecule has 1 unspecified atom stereocenters. The first-order valence-electron chi connectivity index (χ1n) is 5.78. The van der Waals surface area contributed by atoms with Gasteiger partial charge in [0.15, 0.2) is 0 Å². The fraction of sp³-hybridized carbons (Fsp3) is 0.308. The largest absolute Gasteiger partial charge is 0.324 e. The average Bonchev–Trinajstić information content (AvgIpc) is 2.54. The number of hydrogen-bond donors (Lipinski definition) is 1. The molecule has 2 aromatic rings. The first-order valence-corrected chi connectivity index (χ1v) is 7.74. The lowest BCUT2D eigenvalue weighted by Gasteiger charge is -2.13. The van der Waals surface area contributed by atoms with Crippen LogP contribution in [0.25, 0.3) is 0 Å². The first-order chi connectivity index (χ1) is 8.88. The van der Waals surface area contributed by atoms with Crippen LogP contribution in [0.5, 0.6) is 0 Å². The Balaban J connectivity index is 2.27. The lowest BCUT2D eigenvalue weighted by Crippen LogP contribution is -2.14. The van der Waals surface area contributed by atoms with Gasteiger partial charge in [-0.2, -0.15) is 5.10 Å². The predicted octanol–water partition coefficient (Wildman–Crippen LogP) is 4.15. The Morgan fingerprint density at radius 1 is 1.32 bits per heavy atom. The van der Waals surface area contributed by atoms with E-state index in [-0.39, 0.29) is 6.04 Å². The monoisotopic (exact) mass is 405 g/mol. The van der Waals surface area contributed by atoms with E-state index in [4.69, 9.17) is 17.3 Å². The van der Waals surface area contributed by atoms with Gasteiger partial charge in [-0.3, -0.25) is 4.68 Å². The van der Waals surface area contributed by atoms with Crippen LogP contribution in [-0.4, -0.2) is 9.78 Å². The molecular weight excluding hydrogens is 393 g/mol. The number of rotatable bonds is 3. The van der Waals surface area contributed by atoms with Crippen molar-refractivity contribution < 1.29 is 0 Å². The minimum atomic E-state index is -0.116. The van der Waals surface area contributed by atoms with Gasteiger partial charge in [0.05, 0.1) is 5.69 Å². The minimum Gasteiger partial charge on any atom is -0.324 e. The summed E-state index contributed by atoms with van der Waals surface area (Å²) in [5.41, 5.74) is 9.27. The molecule has 0 aliphatic rings. The second-order valence-electron chi connectivity index (χ2n) is 4.49. The molecular formula is C13H14Br2ClN3. The Morgan fingerprint density at radius 2 is 1.89 bits per heavy atom. The van der Waals surface area contributed by atoms with Crippen molar-refractivity contribution in [3.05, 3.63) is 49.1 Å². The minimum absolute atomic E-state index is 0.116. The van der Waals surface area contributed by atoms with Crippen molar-refractivity contribution in [1.82, 2.24) is 9.78 Å². The highest BCUT2D eigenvalue weighted by atomic mass is 79.9. The Bertz CT molecular complexity index is 590. The number of halogens is 3. The fourth-order valence-corrected chi connectivity index (χ4v) is 3.61. The standard InChI is InChI=1S/C13H14Br2ClN3/c1-7-11(13(16)19(2)18-7)6-12(17)8-3-9(14)5-10(15)4-8/h3-5,12H,6,17H2,1-2H3. The van der Waals surface area contributed by atoms with E-state index in [9.17, 15) is 0 Å². The van der Waals surface area contributed by atoms with Crippen molar-refractivity contribution in [3.63, 3.8) is 0 Å². The maximum Gasteiger partial charge on any atom is 0.130 e. The lowest BCUT2D eigenvalue weighted by atomic mass is 10.0. The fourth-order valence-electron chi connectivity index (χ4n) is 2.03. The van der Waals surface area contributed by atoms with E-state index in [1.807, 2.05) is 32.2 Å². The molecule has 0 fully saturated rings. The highest BCUT2D eigenvalue weighted by molar-refractivity contribution is 9.11. The number of nitrogens with zero attached hydrogens (tertiary/aromatic N) is 2. The third-order valence-electron chi connectivity index (χ3n) is 3.01. The van der Waals surface area contributed by atoms with Crippen LogP contribution in [0.4, 0.5) is 0 Å². The summed E-state index contributed by atoms with van der Waals surface area (Å²) < 4.78 is 3.68. The summed E-state index contributed by atoms with van der Waals surface area (Å²) in [5.74, 6) is 0. The third kappa shape index (κ3) is 3.40. The Kier molecular flexibility index (Phi) is 4.71. The summed E-state index contributed by atoms with van der Waals surface area (Å²) in [6, 6.07) is 5.91. The predicted molar refractivity (Wildman–Crippen MR) is 85.4 cm³/mol. The second-order valence-corrected chi connectivity index (χ2v) is 6.68. The molecule has 0 saturated carbocycles. The van der Waals surface area contributed by atoms with Gasteiger partial charge >= 0.3 is 0 Å². The van der Waals surface area contributed by atoms with Crippen LogP contribution in [0.3, 0.4) is 0 Å².